The van der Waals surface area contributed by atoms with E-state index in [9.17, 15) is 4.79 Å². The maximum absolute atomic E-state index is 10.7. The number of nitrogens with zero attached hydrogens (tertiary/aromatic N) is 3. The molecule has 8 heteroatoms. The highest BCUT2D eigenvalue weighted by Crippen LogP contribution is 2.31. The minimum atomic E-state index is -1.06. The molecule has 3 aromatic rings. The summed E-state index contributed by atoms with van der Waals surface area (Å²) in [6, 6.07) is 7.66. The molecule has 1 amide bonds. The first-order valence-corrected chi connectivity index (χ1v) is 7.57. The lowest BCUT2D eigenvalue weighted by Crippen LogP contribution is -2.26. The molecule has 3 rings (SSSR count). The summed E-state index contributed by atoms with van der Waals surface area (Å²) in [5, 5.41) is 12.1. The number of nitrogens with two attached hydrogens (primary N) is 1. The molecule has 0 bridgehead atoms. The van der Waals surface area contributed by atoms with E-state index >= 15 is 0 Å². The number of hydrogen-bond acceptors (Lipinski definition) is 5. The van der Waals surface area contributed by atoms with Crippen molar-refractivity contribution in [2.24, 2.45) is 0 Å². The molecule has 8 nitrogen and oxygen atoms in total. The number of pyridine rings is 1. The third-order valence-corrected chi connectivity index (χ3v) is 3.97. The highest BCUT2D eigenvalue weighted by atomic mass is 16.5. The van der Waals surface area contributed by atoms with Crippen molar-refractivity contribution in [2.75, 3.05) is 19.4 Å². The number of anilines is 1. The van der Waals surface area contributed by atoms with E-state index < -0.39 is 6.09 Å². The Balaban J connectivity index is 2.24. The number of amides is 1. The Morgan fingerprint density at radius 2 is 2.17 bits per heavy atom. The number of ether oxygens (including phenoxy) is 1. The SMILES string of the molecule is COC(C)c1nc2c(N)nc3ccccc3c2n1CCNC(=O)O. The summed E-state index contributed by atoms with van der Waals surface area (Å²) in [6.07, 6.45) is -1.33. The van der Waals surface area contributed by atoms with E-state index in [1.165, 1.54) is 0 Å². The minimum Gasteiger partial charge on any atom is -0.465 e. The Morgan fingerprint density at radius 1 is 1.42 bits per heavy atom. The molecule has 0 aliphatic carbocycles. The van der Waals surface area contributed by atoms with Gasteiger partial charge in [0.2, 0.25) is 0 Å². The molecule has 24 heavy (non-hydrogen) atoms. The van der Waals surface area contributed by atoms with Crippen LogP contribution in [0.1, 0.15) is 18.9 Å². The first-order chi connectivity index (χ1) is 11.5. The van der Waals surface area contributed by atoms with Gasteiger partial charge in [0.05, 0.1) is 11.0 Å². The highest BCUT2D eigenvalue weighted by Gasteiger charge is 2.20. The molecule has 2 aromatic heterocycles. The van der Waals surface area contributed by atoms with Crippen LogP contribution in [-0.4, -0.2) is 39.4 Å². The van der Waals surface area contributed by atoms with E-state index in [0.717, 1.165) is 16.4 Å². The van der Waals surface area contributed by atoms with Crippen LogP contribution in [0.25, 0.3) is 21.9 Å². The monoisotopic (exact) mass is 329 g/mol. The fourth-order valence-electron chi connectivity index (χ4n) is 2.79. The molecular formula is C16H19N5O3. The minimum absolute atomic E-state index is 0.251. The number of carbonyl (C=O) groups is 1. The smallest absolute Gasteiger partial charge is 0.404 e. The number of methoxy groups -OCH3 is 1. The number of carboxylic acid groups (broad SMARTS) is 1. The largest absolute Gasteiger partial charge is 0.465 e. The van der Waals surface area contributed by atoms with Gasteiger partial charge in [-0.25, -0.2) is 14.8 Å². The molecular weight excluding hydrogens is 310 g/mol. The van der Waals surface area contributed by atoms with Crippen LogP contribution in [0.3, 0.4) is 0 Å². The third kappa shape index (κ3) is 2.71. The Bertz CT molecular complexity index is 905. The van der Waals surface area contributed by atoms with Crippen molar-refractivity contribution in [3.05, 3.63) is 30.1 Å². The van der Waals surface area contributed by atoms with Crippen LogP contribution in [0.4, 0.5) is 10.6 Å². The molecule has 126 valence electrons. The van der Waals surface area contributed by atoms with E-state index in [-0.39, 0.29) is 12.6 Å². The summed E-state index contributed by atoms with van der Waals surface area (Å²) >= 11 is 0. The number of aromatic nitrogens is 3. The van der Waals surface area contributed by atoms with Gasteiger partial charge < -0.3 is 25.5 Å². The van der Waals surface area contributed by atoms with Crippen molar-refractivity contribution in [2.45, 2.75) is 19.6 Å². The van der Waals surface area contributed by atoms with E-state index in [2.05, 4.69) is 15.3 Å². The van der Waals surface area contributed by atoms with Gasteiger partial charge in [-0.3, -0.25) is 0 Å². The molecule has 1 unspecified atom stereocenters. The second-order valence-corrected chi connectivity index (χ2v) is 5.44. The fraction of sp³-hybridized carbons (Fsp3) is 0.312. The lowest BCUT2D eigenvalue weighted by molar-refractivity contribution is 0.109. The fourth-order valence-corrected chi connectivity index (χ4v) is 2.79. The van der Waals surface area contributed by atoms with Crippen LogP contribution in [0.5, 0.6) is 0 Å². The molecule has 1 atom stereocenters. The molecule has 0 aliphatic rings. The average molecular weight is 329 g/mol. The van der Waals surface area contributed by atoms with Gasteiger partial charge in [-0.05, 0) is 13.0 Å². The van der Waals surface area contributed by atoms with Crippen LogP contribution < -0.4 is 11.1 Å². The predicted octanol–water partition coefficient (Wildman–Crippen LogP) is 2.14. The van der Waals surface area contributed by atoms with Crippen molar-refractivity contribution in [1.29, 1.82) is 0 Å². The van der Waals surface area contributed by atoms with Gasteiger partial charge in [0.15, 0.2) is 5.82 Å². The molecule has 0 saturated carbocycles. The Labute approximate surface area is 138 Å². The maximum Gasteiger partial charge on any atom is 0.404 e. The molecule has 0 radical (unpaired) electrons. The number of benzene rings is 1. The van der Waals surface area contributed by atoms with Gasteiger partial charge in [-0.2, -0.15) is 0 Å². The second kappa shape index (κ2) is 6.32. The van der Waals surface area contributed by atoms with Crippen molar-refractivity contribution in [3.63, 3.8) is 0 Å². The summed E-state index contributed by atoms with van der Waals surface area (Å²) < 4.78 is 7.35. The lowest BCUT2D eigenvalue weighted by atomic mass is 10.2. The maximum atomic E-state index is 10.7. The highest BCUT2D eigenvalue weighted by molar-refractivity contribution is 6.06. The van der Waals surface area contributed by atoms with Crippen molar-refractivity contribution >= 4 is 33.8 Å². The topological polar surface area (TPSA) is 115 Å². The summed E-state index contributed by atoms with van der Waals surface area (Å²) in [6.45, 7) is 2.55. The standard InChI is InChI=1S/C16H19N5O3/c1-9(24-2)15-20-12-13(21(15)8-7-18-16(22)23)10-5-3-4-6-11(10)19-14(12)17/h3-6,9,18H,7-8H2,1-2H3,(H2,17,19)(H,22,23). The van der Waals surface area contributed by atoms with E-state index in [1.54, 1.807) is 7.11 Å². The molecule has 1 aromatic carbocycles. The quantitative estimate of drug-likeness (QED) is 0.660. The van der Waals surface area contributed by atoms with E-state index in [1.807, 2.05) is 35.8 Å². The molecule has 0 spiro atoms. The molecule has 2 heterocycles. The van der Waals surface area contributed by atoms with Crippen LogP contribution in [0, 0.1) is 0 Å². The number of nitrogen functional groups attached to an aromatic ring is 1. The Morgan fingerprint density at radius 3 is 2.88 bits per heavy atom. The zero-order chi connectivity index (χ0) is 17.3. The van der Waals surface area contributed by atoms with Crippen LogP contribution in [0.2, 0.25) is 0 Å². The molecule has 0 saturated heterocycles. The number of nitrogens with one attached hydrogen (secondary N) is 1. The first-order valence-electron chi connectivity index (χ1n) is 7.57. The van der Waals surface area contributed by atoms with E-state index in [0.29, 0.717) is 23.7 Å². The molecule has 0 aliphatic heterocycles. The van der Waals surface area contributed by atoms with Crippen molar-refractivity contribution in [1.82, 2.24) is 19.9 Å². The van der Waals surface area contributed by atoms with E-state index in [4.69, 9.17) is 15.6 Å². The summed E-state index contributed by atoms with van der Waals surface area (Å²) in [5.74, 6) is 1.03. The Kier molecular flexibility index (Phi) is 4.22. The number of fused-ring (bicyclic) bond motifs is 3. The van der Waals surface area contributed by atoms with Crippen LogP contribution in [-0.2, 0) is 11.3 Å². The summed E-state index contributed by atoms with van der Waals surface area (Å²) in [7, 11) is 1.60. The summed E-state index contributed by atoms with van der Waals surface area (Å²) in [5.41, 5.74) is 8.29. The third-order valence-electron chi connectivity index (χ3n) is 3.97. The van der Waals surface area contributed by atoms with Crippen LogP contribution in [0.15, 0.2) is 24.3 Å². The van der Waals surface area contributed by atoms with Crippen LogP contribution >= 0.6 is 0 Å². The second-order valence-electron chi connectivity index (χ2n) is 5.44. The zero-order valence-electron chi connectivity index (χ0n) is 13.5. The normalized spacial score (nSPS) is 12.6. The Hall–Kier alpha value is -2.87. The number of imidazole rings is 1. The summed E-state index contributed by atoms with van der Waals surface area (Å²) in [4.78, 5) is 19.8. The average Bonchev–Trinajstić information content (AvgIpc) is 2.94. The molecule has 0 fully saturated rings. The number of rotatable bonds is 5. The predicted molar refractivity (Wildman–Crippen MR) is 90.9 cm³/mol. The van der Waals surface area contributed by atoms with Crippen molar-refractivity contribution < 1.29 is 14.6 Å². The molecule has 4 N–H and O–H groups in total. The number of para-hydroxylation sites is 1. The van der Waals surface area contributed by atoms with Gasteiger partial charge in [0.25, 0.3) is 0 Å². The zero-order valence-corrected chi connectivity index (χ0v) is 13.5. The number of hydrogen-bond donors (Lipinski definition) is 3. The van der Waals surface area contributed by atoms with Gasteiger partial charge in [-0.1, -0.05) is 18.2 Å². The van der Waals surface area contributed by atoms with Gasteiger partial charge in [0, 0.05) is 25.6 Å². The lowest BCUT2D eigenvalue weighted by Gasteiger charge is -2.14. The van der Waals surface area contributed by atoms with Crippen molar-refractivity contribution in [3.8, 4) is 0 Å². The van der Waals surface area contributed by atoms with Gasteiger partial charge in [-0.15, -0.1) is 0 Å². The van der Waals surface area contributed by atoms with Gasteiger partial charge >= 0.3 is 6.09 Å². The first kappa shape index (κ1) is 16.0. The van der Waals surface area contributed by atoms with Gasteiger partial charge in [0.1, 0.15) is 17.4 Å².